The molecule has 0 unspecified atom stereocenters. The molecule has 2 aromatic heterocycles. The van der Waals surface area contributed by atoms with Gasteiger partial charge in [-0.25, -0.2) is 0 Å². The predicted octanol–water partition coefficient (Wildman–Crippen LogP) is 1.30. The molecule has 0 bridgehead atoms. The third-order valence-electron chi connectivity index (χ3n) is 2.28. The maximum absolute atomic E-state index is 11.0. The number of hydrogen-bond acceptors (Lipinski definition) is 5. The zero-order chi connectivity index (χ0) is 12.3. The van der Waals surface area contributed by atoms with Gasteiger partial charge >= 0.3 is 5.82 Å². The van der Waals surface area contributed by atoms with Crippen LogP contribution in [0.4, 0.5) is 11.6 Å². The van der Waals surface area contributed by atoms with Gasteiger partial charge in [0, 0.05) is 19.7 Å². The van der Waals surface area contributed by atoms with Gasteiger partial charge in [-0.2, -0.15) is 9.38 Å². The van der Waals surface area contributed by atoms with Crippen molar-refractivity contribution in [2.24, 2.45) is 0 Å². The lowest BCUT2D eigenvalue weighted by molar-refractivity contribution is -0.389. The number of anilines is 1. The lowest BCUT2D eigenvalue weighted by atomic mass is 10.5. The first-order chi connectivity index (χ1) is 8.24. The van der Waals surface area contributed by atoms with E-state index in [0.717, 1.165) is 0 Å². The number of imidazole rings is 1. The van der Waals surface area contributed by atoms with E-state index in [2.05, 4.69) is 10.3 Å². The van der Waals surface area contributed by atoms with Crippen molar-refractivity contribution >= 4 is 17.3 Å². The Labute approximate surface area is 97.2 Å². The number of hydrogen-bond donors (Lipinski definition) is 1. The molecule has 0 amide bonds. The highest BCUT2D eigenvalue weighted by molar-refractivity contribution is 5.62. The fourth-order valence-corrected chi connectivity index (χ4v) is 1.55. The minimum absolute atomic E-state index is 0.0586. The second kappa shape index (κ2) is 4.79. The Morgan fingerprint density at radius 1 is 1.59 bits per heavy atom. The van der Waals surface area contributed by atoms with Crippen LogP contribution in [0.2, 0.25) is 0 Å². The standard InChI is InChI=1S/C10H12N4O3/c1-17-7-5-11-9-10(14(15)16)13-6-3-2-4-8(13)12-9/h2-4,6,11H,5,7H2,1H3. The van der Waals surface area contributed by atoms with Crippen LogP contribution < -0.4 is 5.32 Å². The van der Waals surface area contributed by atoms with E-state index >= 15 is 0 Å². The summed E-state index contributed by atoms with van der Waals surface area (Å²) < 4.78 is 6.31. The van der Waals surface area contributed by atoms with Crippen LogP contribution in [0.3, 0.4) is 0 Å². The summed E-state index contributed by atoms with van der Waals surface area (Å²) in [5, 5.41) is 13.9. The van der Waals surface area contributed by atoms with Crippen molar-refractivity contribution in [3.63, 3.8) is 0 Å². The van der Waals surface area contributed by atoms with Crippen LogP contribution in [-0.2, 0) is 4.74 Å². The summed E-state index contributed by atoms with van der Waals surface area (Å²) in [4.78, 5) is 14.7. The van der Waals surface area contributed by atoms with E-state index in [0.29, 0.717) is 18.8 Å². The minimum Gasteiger partial charge on any atom is -0.383 e. The van der Waals surface area contributed by atoms with E-state index in [1.54, 1.807) is 31.5 Å². The number of fused-ring (bicyclic) bond motifs is 1. The first-order valence-electron chi connectivity index (χ1n) is 5.08. The molecule has 90 valence electrons. The summed E-state index contributed by atoms with van der Waals surface area (Å²) in [7, 11) is 1.57. The first-order valence-corrected chi connectivity index (χ1v) is 5.08. The highest BCUT2D eigenvalue weighted by Gasteiger charge is 2.21. The van der Waals surface area contributed by atoms with Gasteiger partial charge in [0.05, 0.1) is 12.8 Å². The molecule has 0 radical (unpaired) electrons. The fraction of sp³-hybridized carbons (Fsp3) is 0.300. The van der Waals surface area contributed by atoms with Crippen LogP contribution in [0.5, 0.6) is 0 Å². The SMILES string of the molecule is COCCNc1nc2ccccn2c1[N+](=O)[O-]. The van der Waals surface area contributed by atoms with Crippen molar-refractivity contribution in [3.05, 3.63) is 34.5 Å². The van der Waals surface area contributed by atoms with Crippen molar-refractivity contribution in [2.75, 3.05) is 25.6 Å². The molecular formula is C10H12N4O3. The monoisotopic (exact) mass is 236 g/mol. The zero-order valence-corrected chi connectivity index (χ0v) is 9.29. The van der Waals surface area contributed by atoms with Crippen molar-refractivity contribution < 1.29 is 9.66 Å². The summed E-state index contributed by atoms with van der Waals surface area (Å²) in [6.45, 7) is 0.937. The topological polar surface area (TPSA) is 81.7 Å². The molecule has 2 heterocycles. The second-order valence-electron chi connectivity index (χ2n) is 3.39. The zero-order valence-electron chi connectivity index (χ0n) is 9.29. The Hall–Kier alpha value is -2.15. The quantitative estimate of drug-likeness (QED) is 0.480. The maximum Gasteiger partial charge on any atom is 0.372 e. The molecule has 0 aromatic carbocycles. The second-order valence-corrected chi connectivity index (χ2v) is 3.39. The van der Waals surface area contributed by atoms with Crippen LogP contribution in [0.15, 0.2) is 24.4 Å². The van der Waals surface area contributed by atoms with Crippen molar-refractivity contribution in [1.29, 1.82) is 0 Å². The predicted molar refractivity (Wildman–Crippen MR) is 62.2 cm³/mol. The van der Waals surface area contributed by atoms with Crippen molar-refractivity contribution in [1.82, 2.24) is 9.38 Å². The van der Waals surface area contributed by atoms with Crippen molar-refractivity contribution in [2.45, 2.75) is 0 Å². The van der Waals surface area contributed by atoms with Gasteiger partial charge in [-0.1, -0.05) is 6.07 Å². The largest absolute Gasteiger partial charge is 0.383 e. The lowest BCUT2D eigenvalue weighted by Gasteiger charge is -2.01. The van der Waals surface area contributed by atoms with Gasteiger partial charge in [0.2, 0.25) is 11.5 Å². The number of aromatic nitrogens is 2. The Balaban J connectivity index is 2.39. The number of nitro groups is 1. The number of pyridine rings is 1. The van der Waals surface area contributed by atoms with E-state index in [4.69, 9.17) is 4.74 Å². The number of ether oxygens (including phenoxy) is 1. The summed E-state index contributed by atoms with van der Waals surface area (Å²) in [6, 6.07) is 5.22. The normalized spacial score (nSPS) is 10.6. The first kappa shape index (κ1) is 11.3. The minimum atomic E-state index is -0.449. The van der Waals surface area contributed by atoms with Gasteiger partial charge in [0.25, 0.3) is 0 Å². The molecule has 0 spiro atoms. The summed E-state index contributed by atoms with van der Waals surface area (Å²) in [6.07, 6.45) is 1.61. The molecule has 0 aliphatic heterocycles. The number of rotatable bonds is 5. The fourth-order valence-electron chi connectivity index (χ4n) is 1.55. The molecule has 7 heteroatoms. The van der Waals surface area contributed by atoms with Gasteiger partial charge in [0.15, 0.2) is 0 Å². The average molecular weight is 236 g/mol. The molecule has 0 fully saturated rings. The van der Waals surface area contributed by atoms with Gasteiger partial charge in [-0.3, -0.25) is 0 Å². The van der Waals surface area contributed by atoms with E-state index < -0.39 is 4.92 Å². The molecule has 0 saturated carbocycles. The van der Waals surface area contributed by atoms with Crippen LogP contribution in [0, 0.1) is 10.1 Å². The Morgan fingerprint density at radius 2 is 2.41 bits per heavy atom. The van der Waals surface area contributed by atoms with E-state index in [1.165, 1.54) is 4.40 Å². The smallest absolute Gasteiger partial charge is 0.372 e. The molecule has 0 atom stereocenters. The maximum atomic E-state index is 11.0. The van der Waals surface area contributed by atoms with Gasteiger partial charge < -0.3 is 20.2 Å². The highest BCUT2D eigenvalue weighted by Crippen LogP contribution is 2.24. The van der Waals surface area contributed by atoms with E-state index in [-0.39, 0.29) is 11.6 Å². The third kappa shape index (κ3) is 2.18. The van der Waals surface area contributed by atoms with E-state index in [1.807, 2.05) is 0 Å². The third-order valence-corrected chi connectivity index (χ3v) is 2.28. The molecule has 1 N–H and O–H groups in total. The van der Waals surface area contributed by atoms with Crippen LogP contribution in [0.1, 0.15) is 0 Å². The molecule has 2 rings (SSSR count). The number of nitrogens with one attached hydrogen (secondary N) is 1. The Bertz CT molecular complexity index is 537. The highest BCUT2D eigenvalue weighted by atomic mass is 16.6. The van der Waals surface area contributed by atoms with Gasteiger partial charge in [0.1, 0.15) is 0 Å². The summed E-state index contributed by atoms with van der Waals surface area (Å²) >= 11 is 0. The van der Waals surface area contributed by atoms with Gasteiger partial charge in [-0.05, 0) is 11.0 Å². The molecule has 17 heavy (non-hydrogen) atoms. The van der Waals surface area contributed by atoms with Crippen LogP contribution in [0.25, 0.3) is 5.65 Å². The number of nitrogens with zero attached hydrogens (tertiary/aromatic N) is 3. The Kier molecular flexibility index (Phi) is 3.20. The molecule has 7 nitrogen and oxygen atoms in total. The lowest BCUT2D eigenvalue weighted by Crippen LogP contribution is -2.09. The molecule has 0 aliphatic rings. The molecule has 2 aromatic rings. The number of methoxy groups -OCH3 is 1. The van der Waals surface area contributed by atoms with E-state index in [9.17, 15) is 10.1 Å². The Morgan fingerprint density at radius 3 is 3.12 bits per heavy atom. The molecule has 0 aliphatic carbocycles. The van der Waals surface area contributed by atoms with Crippen LogP contribution >= 0.6 is 0 Å². The summed E-state index contributed by atoms with van der Waals surface area (Å²) in [5.41, 5.74) is 0.541. The molecular weight excluding hydrogens is 224 g/mol. The average Bonchev–Trinajstić information content (AvgIpc) is 2.67. The van der Waals surface area contributed by atoms with Crippen molar-refractivity contribution in [3.8, 4) is 0 Å². The summed E-state index contributed by atoms with van der Waals surface area (Å²) in [5.74, 6) is 0.204. The van der Waals surface area contributed by atoms with Crippen LogP contribution in [-0.4, -0.2) is 34.6 Å². The molecule has 0 saturated heterocycles. The van der Waals surface area contributed by atoms with Gasteiger partial charge in [-0.15, -0.1) is 0 Å².